The molecule has 2 aromatic rings. The second kappa shape index (κ2) is 7.51. The fourth-order valence-corrected chi connectivity index (χ4v) is 3.19. The van der Waals surface area contributed by atoms with Crippen molar-refractivity contribution in [1.82, 2.24) is 9.97 Å². The van der Waals surface area contributed by atoms with Gasteiger partial charge < -0.3 is 19.0 Å². The van der Waals surface area contributed by atoms with Crippen LogP contribution in [-0.4, -0.2) is 20.2 Å². The van der Waals surface area contributed by atoms with E-state index in [-0.39, 0.29) is 22.4 Å². The molecular weight excluding hydrogens is 412 g/mol. The van der Waals surface area contributed by atoms with Crippen molar-refractivity contribution >= 4 is 22.2 Å². The first-order valence-electron chi connectivity index (χ1n) is 9.52. The highest BCUT2D eigenvalue weighted by atomic mass is 16.3. The number of phenolic OH excluding ortho intramolecular Hbond substituents is 2. The third kappa shape index (κ3) is 3.72. The molecule has 2 aliphatic heterocycles. The average molecular weight is 426 g/mol. The Bertz CT molecular complexity index is 1530. The number of hydrogen-bond donors (Lipinski definition) is 2. The maximum Gasteiger partial charge on any atom is 0.182 e. The van der Waals surface area contributed by atoms with Crippen molar-refractivity contribution in [3.05, 3.63) is 93.2 Å². The Morgan fingerprint density at radius 3 is 1.44 bits per heavy atom. The average Bonchev–Trinajstić information content (AvgIpc) is 2.77. The number of nitrogens with zero attached hydrogens (tertiary/aromatic N) is 2. The first kappa shape index (κ1) is 19.3. The van der Waals surface area contributed by atoms with Crippen LogP contribution in [0.5, 0.6) is 11.5 Å². The number of aromatic hydroxyl groups is 2. The van der Waals surface area contributed by atoms with E-state index in [0.717, 1.165) is 0 Å². The van der Waals surface area contributed by atoms with Gasteiger partial charge in [0.25, 0.3) is 0 Å². The highest BCUT2D eigenvalue weighted by Crippen LogP contribution is 2.26. The van der Waals surface area contributed by atoms with E-state index in [9.17, 15) is 19.8 Å². The van der Waals surface area contributed by atoms with Gasteiger partial charge in [0.2, 0.25) is 0 Å². The Hall–Kier alpha value is -4.72. The van der Waals surface area contributed by atoms with E-state index in [1.165, 1.54) is 36.4 Å². The zero-order valence-electron chi connectivity index (χ0n) is 16.4. The van der Waals surface area contributed by atoms with Crippen LogP contribution in [0.1, 0.15) is 0 Å². The number of rotatable bonds is 0. The molecule has 4 aliphatic rings. The van der Waals surface area contributed by atoms with Gasteiger partial charge in [-0.05, 0) is 48.5 Å². The summed E-state index contributed by atoms with van der Waals surface area (Å²) in [4.78, 5) is 30.9. The molecule has 32 heavy (non-hydrogen) atoms. The van der Waals surface area contributed by atoms with Crippen molar-refractivity contribution in [3.63, 3.8) is 0 Å². The summed E-state index contributed by atoms with van der Waals surface area (Å²) in [6.07, 6.45) is 0. The van der Waals surface area contributed by atoms with Crippen LogP contribution >= 0.6 is 0 Å². The van der Waals surface area contributed by atoms with Gasteiger partial charge in [-0.3, -0.25) is 9.59 Å². The van der Waals surface area contributed by atoms with Crippen LogP contribution in [0.4, 0.5) is 0 Å². The van der Waals surface area contributed by atoms with Gasteiger partial charge >= 0.3 is 0 Å². The zero-order valence-corrected chi connectivity index (χ0v) is 16.4. The molecule has 0 saturated carbocycles. The van der Waals surface area contributed by atoms with Gasteiger partial charge in [0, 0.05) is 24.3 Å². The Kier molecular flexibility index (Phi) is 4.52. The minimum atomic E-state index is -0.127. The molecule has 0 spiro atoms. The number of benzene rings is 4. The van der Waals surface area contributed by atoms with E-state index < -0.39 is 0 Å². The molecule has 0 bridgehead atoms. The molecule has 8 nitrogen and oxygen atoms in total. The SMILES string of the molecule is O=c1ccc2nc3ccc(O)cc3oc-2c1.O=c1ccc2nc3ccc(O)cc3oc-2c1. The van der Waals surface area contributed by atoms with Crippen LogP contribution < -0.4 is 10.9 Å². The molecule has 8 heteroatoms. The lowest BCUT2D eigenvalue weighted by Gasteiger charge is -2.05. The van der Waals surface area contributed by atoms with E-state index in [4.69, 9.17) is 8.83 Å². The van der Waals surface area contributed by atoms with Crippen molar-refractivity contribution in [2.45, 2.75) is 0 Å². The van der Waals surface area contributed by atoms with Gasteiger partial charge in [0.05, 0.1) is 0 Å². The number of phenols is 2. The molecule has 0 atom stereocenters. The van der Waals surface area contributed by atoms with Gasteiger partial charge in [-0.1, -0.05) is 0 Å². The molecule has 2 aliphatic carbocycles. The van der Waals surface area contributed by atoms with E-state index in [1.54, 1.807) is 36.4 Å². The third-order valence-corrected chi connectivity index (χ3v) is 4.67. The lowest BCUT2D eigenvalue weighted by molar-refractivity contribution is 0.473. The van der Waals surface area contributed by atoms with Gasteiger partial charge in [-0.25, -0.2) is 9.97 Å². The summed E-state index contributed by atoms with van der Waals surface area (Å²) >= 11 is 0. The number of hydrogen-bond acceptors (Lipinski definition) is 8. The molecular formula is C24H14N2O6. The highest BCUT2D eigenvalue weighted by molar-refractivity contribution is 5.78. The molecule has 0 aromatic heterocycles. The quantitative estimate of drug-likeness (QED) is 0.349. The van der Waals surface area contributed by atoms with Crippen LogP contribution in [-0.2, 0) is 0 Å². The van der Waals surface area contributed by atoms with Crippen LogP contribution in [0.15, 0.2) is 91.2 Å². The zero-order chi connectivity index (χ0) is 22.2. The molecule has 0 radical (unpaired) electrons. The Labute approximate surface area is 179 Å². The normalized spacial score (nSPS) is 11.0. The maximum absolute atomic E-state index is 11.1. The van der Waals surface area contributed by atoms with E-state index in [1.807, 2.05) is 0 Å². The lowest BCUT2D eigenvalue weighted by Crippen LogP contribution is -1.99. The van der Waals surface area contributed by atoms with Gasteiger partial charge in [0.1, 0.15) is 33.9 Å². The summed E-state index contributed by atoms with van der Waals surface area (Å²) in [5.41, 5.74) is 3.19. The maximum atomic E-state index is 11.1. The molecule has 156 valence electrons. The predicted molar refractivity (Wildman–Crippen MR) is 117 cm³/mol. The van der Waals surface area contributed by atoms with Crippen LogP contribution in [0.2, 0.25) is 0 Å². The Balaban J connectivity index is 0.000000135. The minimum Gasteiger partial charge on any atom is -0.508 e. The summed E-state index contributed by atoms with van der Waals surface area (Å²) in [6.45, 7) is 0. The summed E-state index contributed by atoms with van der Waals surface area (Å²) in [6, 6.07) is 18.2. The Morgan fingerprint density at radius 2 is 1.00 bits per heavy atom. The van der Waals surface area contributed by atoms with E-state index in [2.05, 4.69) is 9.97 Å². The van der Waals surface area contributed by atoms with Crippen molar-refractivity contribution in [2.24, 2.45) is 0 Å². The summed E-state index contributed by atoms with van der Waals surface area (Å²) in [7, 11) is 0. The summed E-state index contributed by atoms with van der Waals surface area (Å²) in [5.74, 6) is 1.06. The predicted octanol–water partition coefficient (Wildman–Crippen LogP) is 4.00. The lowest BCUT2D eigenvalue weighted by atomic mass is 10.2. The first-order chi connectivity index (χ1) is 15.4. The van der Waals surface area contributed by atoms with Crippen molar-refractivity contribution < 1.29 is 19.0 Å². The van der Waals surface area contributed by atoms with E-state index >= 15 is 0 Å². The smallest absolute Gasteiger partial charge is 0.182 e. The molecule has 0 fully saturated rings. The largest absolute Gasteiger partial charge is 0.508 e. The Morgan fingerprint density at radius 1 is 0.562 bits per heavy atom. The topological polar surface area (TPSA) is 127 Å². The van der Waals surface area contributed by atoms with Crippen LogP contribution in [0.3, 0.4) is 0 Å². The van der Waals surface area contributed by atoms with Gasteiger partial charge in [0.15, 0.2) is 33.5 Å². The third-order valence-electron chi connectivity index (χ3n) is 4.67. The van der Waals surface area contributed by atoms with Gasteiger partial charge in [-0.2, -0.15) is 0 Å². The number of aromatic nitrogens is 2. The molecule has 2 heterocycles. The monoisotopic (exact) mass is 426 g/mol. The molecule has 0 amide bonds. The first-order valence-corrected chi connectivity index (χ1v) is 9.52. The van der Waals surface area contributed by atoms with Crippen LogP contribution in [0, 0.1) is 0 Å². The fourth-order valence-electron chi connectivity index (χ4n) is 3.19. The highest BCUT2D eigenvalue weighted by Gasteiger charge is 2.10. The minimum absolute atomic E-state index is 0.107. The molecule has 0 saturated heterocycles. The van der Waals surface area contributed by atoms with E-state index in [0.29, 0.717) is 45.1 Å². The van der Waals surface area contributed by atoms with Crippen molar-refractivity contribution in [1.29, 1.82) is 0 Å². The molecule has 2 aromatic carbocycles. The second-order valence-electron chi connectivity index (χ2n) is 6.99. The summed E-state index contributed by atoms with van der Waals surface area (Å²) in [5, 5.41) is 18.6. The summed E-state index contributed by atoms with van der Waals surface area (Å²) < 4.78 is 11.0. The standard InChI is InChI=1S/2C12H7NO3/c2*14-7-1-3-9-11(5-7)16-12-6-8(15)2-4-10(12)13-9/h2*1-6,14H. The van der Waals surface area contributed by atoms with Crippen molar-refractivity contribution in [2.75, 3.05) is 0 Å². The fraction of sp³-hybridized carbons (Fsp3) is 0. The van der Waals surface area contributed by atoms with Gasteiger partial charge in [-0.15, -0.1) is 0 Å². The second-order valence-corrected chi connectivity index (χ2v) is 6.99. The molecule has 2 N–H and O–H groups in total. The van der Waals surface area contributed by atoms with Crippen molar-refractivity contribution in [3.8, 4) is 34.4 Å². The molecule has 6 rings (SSSR count). The van der Waals surface area contributed by atoms with Crippen LogP contribution in [0.25, 0.3) is 45.1 Å². The molecule has 0 unspecified atom stereocenters. The number of fused-ring (bicyclic) bond motifs is 4.